The van der Waals surface area contributed by atoms with Gasteiger partial charge < -0.3 is 54.4 Å². The summed E-state index contributed by atoms with van der Waals surface area (Å²) in [6.07, 6.45) is -9.72. The Morgan fingerprint density at radius 1 is 0.818 bits per heavy atom. The van der Waals surface area contributed by atoms with Crippen LogP contribution in [0, 0.1) is 17.8 Å². The number of nitrogens with zero attached hydrogens (tertiary/aromatic N) is 2. The molecule has 5 amide bonds. The topological polar surface area (TPSA) is 286 Å². The number of pyridine rings is 1. The van der Waals surface area contributed by atoms with Crippen LogP contribution >= 0.6 is 0 Å². The number of rotatable bonds is 18. The average Bonchev–Trinajstić information content (AvgIpc) is 4.29. The van der Waals surface area contributed by atoms with Gasteiger partial charge in [0.1, 0.15) is 35.5 Å². The van der Waals surface area contributed by atoms with Gasteiger partial charge in [0.2, 0.25) is 28.9 Å². The SMILES string of the molecule is CC(C)(OC(=O)N[C@H](C(=O)O)C1CCOCC1)C(F)(F)F.CC[C@@H]1C[C@]1(NC(=O)[C@@H]1C[C@@H](Oc2nccc3cc(OC)ccc23)CN1C(=O)[C@@H](NC(=O)OC(C)(C)C(F)(F)F)C1CCOCC1)C(=O)NS(=O)(=O)OC1CC1. The molecular weight excluding hydrogens is 1060 g/mol. The van der Waals surface area contributed by atoms with Crippen molar-refractivity contribution in [2.75, 3.05) is 40.1 Å². The van der Waals surface area contributed by atoms with E-state index in [9.17, 15) is 63.5 Å². The van der Waals surface area contributed by atoms with E-state index in [0.29, 0.717) is 84.1 Å². The van der Waals surface area contributed by atoms with E-state index >= 15 is 0 Å². The lowest BCUT2D eigenvalue weighted by atomic mass is 9.90. The summed E-state index contributed by atoms with van der Waals surface area (Å²) in [5.74, 6) is -4.61. The van der Waals surface area contributed by atoms with Gasteiger partial charge in [-0.1, -0.05) is 13.3 Å². The number of ether oxygens (including phenoxy) is 6. The van der Waals surface area contributed by atoms with Crippen LogP contribution in [0.2, 0.25) is 0 Å². The van der Waals surface area contributed by atoms with E-state index in [4.69, 9.17) is 33.0 Å². The molecule has 4 heterocycles. The molecule has 2 aliphatic carbocycles. The number of hydrogen-bond donors (Lipinski definition) is 5. The van der Waals surface area contributed by atoms with Crippen LogP contribution in [-0.2, 0) is 52.6 Å². The molecule has 77 heavy (non-hydrogen) atoms. The van der Waals surface area contributed by atoms with Crippen LogP contribution in [0.15, 0.2) is 30.5 Å². The van der Waals surface area contributed by atoms with Gasteiger partial charge >= 0.3 is 40.8 Å². The summed E-state index contributed by atoms with van der Waals surface area (Å²) < 4.78 is 142. The second-order valence-corrected chi connectivity index (χ2v) is 21.7. The van der Waals surface area contributed by atoms with Crippen LogP contribution in [-0.4, -0.2) is 159 Å². The number of carboxylic acids is 1. The lowest BCUT2D eigenvalue weighted by Crippen LogP contribution is -2.60. The molecular formula is C48H64F6N6O16S. The molecule has 0 unspecified atom stereocenters. The Bertz CT molecular complexity index is 2590. The fraction of sp³-hybridized carbons (Fsp3) is 0.688. The molecule has 3 saturated heterocycles. The van der Waals surface area contributed by atoms with Gasteiger partial charge in [-0.25, -0.2) is 24.1 Å². The maximum atomic E-state index is 14.6. The molecule has 430 valence electrons. The van der Waals surface area contributed by atoms with E-state index in [1.54, 1.807) is 31.2 Å². The molecule has 0 radical (unpaired) electrons. The first-order chi connectivity index (χ1) is 35.9. The fourth-order valence-corrected chi connectivity index (χ4v) is 10.0. The highest BCUT2D eigenvalue weighted by molar-refractivity contribution is 7.85. The minimum Gasteiger partial charge on any atom is -0.497 e. The zero-order chi connectivity index (χ0) is 56.9. The lowest BCUT2D eigenvalue weighted by molar-refractivity contribution is -0.244. The number of fused-ring (bicyclic) bond motifs is 1. The van der Waals surface area contributed by atoms with Gasteiger partial charge in [0.15, 0.2) is 0 Å². The molecule has 1 aromatic carbocycles. The Morgan fingerprint density at radius 2 is 1.36 bits per heavy atom. The number of hydrogen-bond acceptors (Lipinski definition) is 16. The fourth-order valence-electron chi connectivity index (χ4n) is 9.00. The standard InChI is InChI=1S/C36H46F3N5O11S.C12H18F3NO5/c1-5-22-18-35(22,32(47)43-56(49,50)55-23-6-7-23)42-29(45)27-17-25(53-30-26-9-8-24(51-4)16-21(26)10-13-40-30)19-44(27)31(46)28(20-11-14-52-15-12-20)41-33(48)54-34(2,3)36(37,38)39;1-11(2,12(13,14)15)21-10(19)16-8(9(17)18)7-3-5-20-6-4-7/h8-10,13,16,20,22-23,25,27-28H,5-7,11-12,14-15,17-19H2,1-4H3,(H,41,48)(H,42,45)(H,43,47);7-8H,3-6H2,1-2H3,(H,16,19)(H,17,18)/t22-,25-,27+,28+,35-;8-/m10/s1. The first-order valence-corrected chi connectivity index (χ1v) is 26.3. The molecule has 2 aromatic rings. The number of aliphatic carboxylic acids is 1. The van der Waals surface area contributed by atoms with Crippen molar-refractivity contribution in [2.24, 2.45) is 17.8 Å². The molecule has 6 atom stereocenters. The summed E-state index contributed by atoms with van der Waals surface area (Å²) in [4.78, 5) is 83.7. The second-order valence-electron chi connectivity index (χ2n) is 20.4. The lowest BCUT2D eigenvalue weighted by Gasteiger charge is -2.35. The van der Waals surface area contributed by atoms with Crippen molar-refractivity contribution in [3.8, 4) is 11.6 Å². The number of nitrogens with one attached hydrogen (secondary N) is 4. The van der Waals surface area contributed by atoms with E-state index in [0.717, 1.165) is 10.3 Å². The van der Waals surface area contributed by atoms with Crippen LogP contribution in [0.4, 0.5) is 35.9 Å². The number of aromatic nitrogens is 1. The first-order valence-electron chi connectivity index (χ1n) is 24.9. The van der Waals surface area contributed by atoms with Crippen molar-refractivity contribution < 1.29 is 101 Å². The highest BCUT2D eigenvalue weighted by atomic mass is 32.2. The largest absolute Gasteiger partial charge is 0.497 e. The van der Waals surface area contributed by atoms with Crippen LogP contribution in [0.1, 0.15) is 92.4 Å². The molecule has 5 N–H and O–H groups in total. The minimum absolute atomic E-state index is 0.108. The normalized spacial score (nSPS) is 23.3. The number of halogens is 6. The molecule has 22 nitrogen and oxygen atoms in total. The van der Waals surface area contributed by atoms with E-state index in [1.807, 2.05) is 10.0 Å². The smallest absolute Gasteiger partial charge is 0.427 e. The van der Waals surface area contributed by atoms with Crippen molar-refractivity contribution >= 4 is 57.0 Å². The van der Waals surface area contributed by atoms with Gasteiger partial charge in [0, 0.05) is 44.4 Å². The highest BCUT2D eigenvalue weighted by Crippen LogP contribution is 2.47. The third kappa shape index (κ3) is 15.2. The number of alkyl halides is 6. The molecule has 0 spiro atoms. The van der Waals surface area contributed by atoms with Gasteiger partial charge in [-0.15, -0.1) is 0 Å². The third-order valence-corrected chi connectivity index (χ3v) is 15.0. The number of methoxy groups -OCH3 is 1. The number of carbonyl (C=O) groups is 6. The van der Waals surface area contributed by atoms with Gasteiger partial charge in [-0.05, 0) is 120 Å². The van der Waals surface area contributed by atoms with E-state index in [-0.39, 0.29) is 51.3 Å². The van der Waals surface area contributed by atoms with E-state index in [2.05, 4.69) is 20.4 Å². The highest BCUT2D eigenvalue weighted by Gasteiger charge is 2.62. The van der Waals surface area contributed by atoms with Crippen molar-refractivity contribution in [3.05, 3.63) is 30.5 Å². The summed E-state index contributed by atoms with van der Waals surface area (Å²) >= 11 is 0. The quantitative estimate of drug-likeness (QED) is 0.120. The van der Waals surface area contributed by atoms with Crippen LogP contribution < -0.4 is 30.1 Å². The number of benzene rings is 1. The Morgan fingerprint density at radius 3 is 1.86 bits per heavy atom. The molecule has 0 bridgehead atoms. The summed E-state index contributed by atoms with van der Waals surface area (Å²) in [6, 6.07) is 2.88. The summed E-state index contributed by atoms with van der Waals surface area (Å²) in [5.41, 5.74) is -7.23. The van der Waals surface area contributed by atoms with Gasteiger partial charge in [-0.2, -0.15) is 34.8 Å². The predicted octanol–water partition coefficient (Wildman–Crippen LogP) is 5.21. The van der Waals surface area contributed by atoms with Crippen LogP contribution in [0.25, 0.3) is 10.8 Å². The molecule has 5 fully saturated rings. The van der Waals surface area contributed by atoms with Gasteiger partial charge in [0.05, 0.1) is 19.8 Å². The van der Waals surface area contributed by atoms with E-state index in [1.165, 1.54) is 13.3 Å². The van der Waals surface area contributed by atoms with Crippen LogP contribution in [0.3, 0.4) is 0 Å². The second kappa shape index (κ2) is 24.0. The average molecular weight is 1130 g/mol. The maximum Gasteiger partial charge on any atom is 0.427 e. The summed E-state index contributed by atoms with van der Waals surface area (Å²) in [7, 11) is -2.96. The third-order valence-electron chi connectivity index (χ3n) is 14.0. The van der Waals surface area contributed by atoms with Crippen molar-refractivity contribution in [2.45, 2.75) is 152 Å². The zero-order valence-corrected chi connectivity index (χ0v) is 43.9. The van der Waals surface area contributed by atoms with Crippen molar-refractivity contribution in [1.29, 1.82) is 0 Å². The van der Waals surface area contributed by atoms with Crippen molar-refractivity contribution in [3.63, 3.8) is 0 Å². The molecule has 2 saturated carbocycles. The summed E-state index contributed by atoms with van der Waals surface area (Å²) in [6.45, 7) is 5.38. The maximum absolute atomic E-state index is 14.6. The summed E-state index contributed by atoms with van der Waals surface area (Å²) in [5, 5.41) is 17.5. The first kappa shape index (κ1) is 60.3. The predicted molar refractivity (Wildman–Crippen MR) is 255 cm³/mol. The van der Waals surface area contributed by atoms with Gasteiger partial charge in [-0.3, -0.25) is 18.6 Å². The van der Waals surface area contributed by atoms with Gasteiger partial charge in [0.25, 0.3) is 5.91 Å². The van der Waals surface area contributed by atoms with E-state index < -0.39 is 123 Å². The van der Waals surface area contributed by atoms with Crippen molar-refractivity contribution in [1.82, 2.24) is 30.6 Å². The number of likely N-dealkylation sites (tertiary alicyclic amines) is 1. The number of alkyl carbamates (subject to hydrolysis) is 2. The Balaban J connectivity index is 0.000000384. The molecule has 29 heteroatoms. The number of carboxylic acid groups (broad SMARTS) is 1. The van der Waals surface area contributed by atoms with Crippen LogP contribution in [0.5, 0.6) is 11.6 Å². The number of carbonyl (C=O) groups excluding carboxylic acids is 5. The zero-order valence-electron chi connectivity index (χ0n) is 43.0. The molecule has 7 rings (SSSR count). The molecule has 5 aliphatic rings. The monoisotopic (exact) mass is 1130 g/mol. The molecule has 3 aliphatic heterocycles. The Kier molecular flexibility index (Phi) is 18.8. The Labute approximate surface area is 439 Å². The molecule has 1 aromatic heterocycles. The number of amides is 5. The minimum atomic E-state index is -4.92. The Hall–Kier alpha value is -5.94.